The van der Waals surface area contributed by atoms with Crippen LogP contribution in [-0.4, -0.2) is 95.1 Å². The van der Waals surface area contributed by atoms with Crippen molar-refractivity contribution in [2.24, 2.45) is 5.92 Å². The Hall–Kier alpha value is -3.51. The minimum Gasteiger partial charge on any atom is -0.496 e. The Balaban J connectivity index is 1.62. The number of piperidine rings is 1. The van der Waals surface area contributed by atoms with Crippen LogP contribution in [-0.2, 0) is 26.2 Å². The molecule has 40 heavy (non-hydrogen) atoms. The number of halogens is 1. The van der Waals surface area contributed by atoms with Gasteiger partial charge in [0, 0.05) is 53.9 Å². The molecule has 2 aromatic rings. The van der Waals surface area contributed by atoms with E-state index in [9.17, 15) is 27.2 Å². The molecule has 1 atom stereocenters. The molecule has 2 aliphatic rings. The number of rotatable bonds is 8. The first-order valence-corrected chi connectivity index (χ1v) is 14.5. The number of likely N-dealkylation sites (tertiary alicyclic amines) is 1. The van der Waals surface area contributed by atoms with E-state index < -0.39 is 27.8 Å². The smallest absolute Gasteiger partial charge is 0.303 e. The molecular formula is C28H35FN4O6S. The Morgan fingerprint density at radius 2 is 1.65 bits per heavy atom. The molecule has 1 unspecified atom stereocenters. The second-order valence-electron chi connectivity index (χ2n) is 10.6. The van der Waals surface area contributed by atoms with Gasteiger partial charge in [-0.25, -0.2) is 4.39 Å². The molecule has 2 heterocycles. The predicted octanol–water partition coefficient (Wildman–Crippen LogP) is 2.30. The highest BCUT2D eigenvalue weighted by Gasteiger charge is 2.43. The van der Waals surface area contributed by atoms with E-state index in [1.165, 1.54) is 59.6 Å². The summed E-state index contributed by atoms with van der Waals surface area (Å²) in [4.78, 5) is 42.3. The summed E-state index contributed by atoms with van der Waals surface area (Å²) < 4.78 is 47.1. The highest BCUT2D eigenvalue weighted by Crippen LogP contribution is 2.43. The molecule has 0 radical (unpaired) electrons. The van der Waals surface area contributed by atoms with Crippen molar-refractivity contribution in [3.63, 3.8) is 0 Å². The molecule has 0 saturated carbocycles. The molecular weight excluding hydrogens is 539 g/mol. The second-order valence-corrected chi connectivity index (χ2v) is 12.7. The summed E-state index contributed by atoms with van der Waals surface area (Å²) in [6, 6.07) is 9.41. The minimum absolute atomic E-state index is 0.183. The number of fused-ring (bicyclic) bond motifs is 1. The van der Waals surface area contributed by atoms with Crippen molar-refractivity contribution < 1.29 is 31.9 Å². The summed E-state index contributed by atoms with van der Waals surface area (Å²) in [5.74, 6) is -2.62. The molecule has 216 valence electrons. The highest BCUT2D eigenvalue weighted by molar-refractivity contribution is 7.90. The molecule has 0 aliphatic carbocycles. The number of nitrogens with zero attached hydrogens (tertiary/aromatic N) is 4. The van der Waals surface area contributed by atoms with Gasteiger partial charge in [-0.1, -0.05) is 12.1 Å². The summed E-state index contributed by atoms with van der Waals surface area (Å²) in [5, 5.41) is 0. The largest absolute Gasteiger partial charge is 0.496 e. The van der Waals surface area contributed by atoms with Crippen LogP contribution in [0.2, 0.25) is 0 Å². The maximum Gasteiger partial charge on any atom is 0.303 e. The number of ether oxygens (including phenoxy) is 1. The van der Waals surface area contributed by atoms with Crippen molar-refractivity contribution in [2.45, 2.75) is 25.2 Å². The van der Waals surface area contributed by atoms with E-state index in [4.69, 9.17) is 4.74 Å². The van der Waals surface area contributed by atoms with E-state index in [2.05, 4.69) is 0 Å². The zero-order valence-electron chi connectivity index (χ0n) is 23.4. The van der Waals surface area contributed by atoms with Crippen molar-refractivity contribution >= 4 is 33.5 Å². The van der Waals surface area contributed by atoms with Gasteiger partial charge in [-0.15, -0.1) is 0 Å². The van der Waals surface area contributed by atoms with Crippen LogP contribution < -0.4 is 9.04 Å². The Kier molecular flexibility index (Phi) is 8.50. The molecule has 0 aromatic heterocycles. The summed E-state index contributed by atoms with van der Waals surface area (Å²) in [6.45, 7) is 0.755. The topological polar surface area (TPSA) is 108 Å². The number of carbonyl (C=O) groups is 3. The van der Waals surface area contributed by atoms with Crippen molar-refractivity contribution in [2.75, 3.05) is 59.2 Å². The number of benzene rings is 2. The predicted molar refractivity (Wildman–Crippen MR) is 148 cm³/mol. The zero-order valence-corrected chi connectivity index (χ0v) is 24.2. The summed E-state index contributed by atoms with van der Waals surface area (Å²) in [7, 11) is 3.06. The van der Waals surface area contributed by atoms with Gasteiger partial charge in [-0.3, -0.25) is 18.7 Å². The molecule has 0 spiro atoms. The van der Waals surface area contributed by atoms with E-state index in [0.717, 1.165) is 38.3 Å². The van der Waals surface area contributed by atoms with Gasteiger partial charge in [-0.2, -0.15) is 12.7 Å². The highest BCUT2D eigenvalue weighted by atomic mass is 32.2. The third-order valence-electron chi connectivity index (χ3n) is 7.58. The van der Waals surface area contributed by atoms with Crippen LogP contribution >= 0.6 is 0 Å². The average Bonchev–Trinajstić information content (AvgIpc) is 3.31. The molecule has 1 fully saturated rings. The van der Waals surface area contributed by atoms with Crippen LogP contribution in [0.5, 0.6) is 5.75 Å². The van der Waals surface area contributed by atoms with Gasteiger partial charge in [0.2, 0.25) is 5.78 Å². The number of hydrogen-bond donors (Lipinski definition) is 0. The van der Waals surface area contributed by atoms with Gasteiger partial charge in [0.25, 0.3) is 11.8 Å². The maximum atomic E-state index is 13.7. The molecule has 2 amide bonds. The number of ketones is 1. The maximum absolute atomic E-state index is 13.7. The monoisotopic (exact) mass is 574 g/mol. The van der Waals surface area contributed by atoms with E-state index in [0.29, 0.717) is 24.6 Å². The molecule has 2 aromatic carbocycles. The van der Waals surface area contributed by atoms with Gasteiger partial charge in [0.1, 0.15) is 11.6 Å². The number of likely N-dealkylation sites (N-methyl/N-ethyl adjacent to an activating group) is 1. The Morgan fingerprint density at radius 1 is 1.02 bits per heavy atom. The molecule has 0 N–H and O–H groups in total. The Labute approximate surface area is 234 Å². The lowest BCUT2D eigenvalue weighted by molar-refractivity contribution is -0.143. The first-order chi connectivity index (χ1) is 18.8. The van der Waals surface area contributed by atoms with Crippen molar-refractivity contribution in [1.29, 1.82) is 0 Å². The Morgan fingerprint density at radius 3 is 2.20 bits per heavy atom. The van der Waals surface area contributed by atoms with Gasteiger partial charge < -0.3 is 14.5 Å². The minimum atomic E-state index is -4.00. The lowest BCUT2D eigenvalue weighted by atomic mass is 9.89. The van der Waals surface area contributed by atoms with Crippen LogP contribution in [0.25, 0.3) is 0 Å². The van der Waals surface area contributed by atoms with Gasteiger partial charge in [0.05, 0.1) is 24.3 Å². The van der Waals surface area contributed by atoms with Crippen LogP contribution in [0.4, 0.5) is 10.1 Å². The zero-order chi connectivity index (χ0) is 29.4. The number of Topliss-reactive ketones (excluding diaryl/α,β-unsaturated/α-hetero) is 1. The van der Waals surface area contributed by atoms with Crippen LogP contribution in [0.3, 0.4) is 0 Å². The number of hydrogen-bond acceptors (Lipinski definition) is 6. The first kappa shape index (κ1) is 29.5. The van der Waals surface area contributed by atoms with E-state index >= 15 is 0 Å². The molecule has 0 bridgehead atoms. The molecule has 12 heteroatoms. The van der Waals surface area contributed by atoms with E-state index in [1.54, 1.807) is 17.0 Å². The number of amides is 2. The fourth-order valence-corrected chi connectivity index (χ4v) is 6.39. The van der Waals surface area contributed by atoms with E-state index in [-0.39, 0.29) is 35.3 Å². The van der Waals surface area contributed by atoms with Crippen molar-refractivity contribution in [3.8, 4) is 5.75 Å². The third kappa shape index (κ3) is 5.68. The van der Waals surface area contributed by atoms with Gasteiger partial charge in [-0.05, 0) is 54.5 Å². The quantitative estimate of drug-likeness (QED) is 0.448. The standard InChI is InChI=1S/C28H35FN4O6S/c1-30(2)28(36)26(34)23-17-33(40(37,38)31(3)4)24-16-25(39-5)22(15-21(23)24)27(35)32-12-10-19(11-13-32)14-18-6-8-20(29)9-7-18/h6-9,15-16,19,23H,10-14,17H2,1-5H3. The van der Waals surface area contributed by atoms with Crippen LogP contribution in [0.15, 0.2) is 36.4 Å². The normalized spacial score (nSPS) is 17.6. The number of methoxy groups -OCH3 is 1. The van der Waals surface area contributed by atoms with Gasteiger partial charge >= 0.3 is 10.2 Å². The fourth-order valence-electron chi connectivity index (χ4n) is 5.25. The van der Waals surface area contributed by atoms with Crippen LogP contribution in [0.1, 0.15) is 40.2 Å². The lowest BCUT2D eigenvalue weighted by Gasteiger charge is -2.32. The SMILES string of the molecule is COc1cc2c(cc1C(=O)N1CCC(Cc3ccc(F)cc3)CC1)C(C(=O)C(=O)N(C)C)CN2S(=O)(=O)N(C)C. The van der Waals surface area contributed by atoms with E-state index in [1.807, 2.05) is 0 Å². The van der Waals surface area contributed by atoms with Crippen molar-refractivity contribution in [3.05, 3.63) is 58.9 Å². The Bertz CT molecular complexity index is 1400. The number of anilines is 1. The summed E-state index contributed by atoms with van der Waals surface area (Å²) in [6.07, 6.45) is 2.33. The fraction of sp³-hybridized carbons (Fsp3) is 0.464. The first-order valence-electron chi connectivity index (χ1n) is 13.1. The third-order valence-corrected chi connectivity index (χ3v) is 9.41. The molecule has 10 nitrogen and oxygen atoms in total. The second kappa shape index (κ2) is 11.5. The number of carbonyl (C=O) groups excluding carboxylic acids is 3. The van der Waals surface area contributed by atoms with Crippen molar-refractivity contribution in [1.82, 2.24) is 14.1 Å². The summed E-state index contributed by atoms with van der Waals surface area (Å²) >= 11 is 0. The van der Waals surface area contributed by atoms with Crippen LogP contribution in [0, 0.1) is 11.7 Å². The molecule has 4 rings (SSSR count). The molecule has 1 saturated heterocycles. The lowest BCUT2D eigenvalue weighted by Crippen LogP contribution is -2.41. The molecule has 2 aliphatic heterocycles. The van der Waals surface area contributed by atoms with Gasteiger partial charge in [0.15, 0.2) is 0 Å². The average molecular weight is 575 g/mol. The summed E-state index contributed by atoms with van der Waals surface area (Å²) in [5.41, 5.74) is 1.75.